The Labute approximate surface area is 170 Å². The minimum Gasteiger partial charge on any atom is -0.395 e. The molecule has 2 aliphatic heterocycles. The van der Waals surface area contributed by atoms with Crippen LogP contribution in [0.25, 0.3) is 5.65 Å². The van der Waals surface area contributed by atoms with E-state index in [-0.39, 0.29) is 17.5 Å². The Bertz CT molecular complexity index is 1090. The van der Waals surface area contributed by atoms with E-state index in [2.05, 4.69) is 24.7 Å². The van der Waals surface area contributed by atoms with Crippen LogP contribution in [0, 0.1) is 0 Å². The molecule has 0 saturated carbocycles. The van der Waals surface area contributed by atoms with Crippen LogP contribution in [-0.2, 0) is 6.54 Å². The van der Waals surface area contributed by atoms with Crippen molar-refractivity contribution in [1.82, 2.24) is 19.2 Å². The molecule has 0 aliphatic carbocycles. The van der Waals surface area contributed by atoms with Crippen LogP contribution in [0.5, 0.6) is 11.5 Å². The topological polar surface area (TPSA) is 71.3 Å². The number of halogens is 2. The number of pyridine rings is 1. The predicted octanol–water partition coefficient (Wildman–Crippen LogP) is 3.01. The van der Waals surface area contributed by atoms with Crippen molar-refractivity contribution in [3.05, 3.63) is 54.5 Å². The number of rotatable bonds is 3. The van der Waals surface area contributed by atoms with E-state index >= 15 is 0 Å². The molecule has 1 saturated heterocycles. The summed E-state index contributed by atoms with van der Waals surface area (Å²) < 4.78 is 37.1. The first-order valence-electron chi connectivity index (χ1n) is 9.55. The minimum atomic E-state index is -3.61. The maximum atomic E-state index is 13.2. The Balaban J connectivity index is 1.15. The highest BCUT2D eigenvalue weighted by molar-refractivity contribution is 5.89. The highest BCUT2D eigenvalue weighted by Gasteiger charge is 2.43. The molecule has 1 aromatic carbocycles. The maximum absolute atomic E-state index is 13.2. The van der Waals surface area contributed by atoms with Gasteiger partial charge in [0.2, 0.25) is 0 Å². The van der Waals surface area contributed by atoms with Gasteiger partial charge >= 0.3 is 12.3 Å². The number of piperazine rings is 1. The quantitative estimate of drug-likeness (QED) is 0.712. The van der Waals surface area contributed by atoms with Gasteiger partial charge in [-0.3, -0.25) is 4.90 Å². The number of nitrogens with zero attached hydrogens (tertiary/aromatic N) is 4. The largest absolute Gasteiger partial charge is 0.586 e. The van der Waals surface area contributed by atoms with Crippen molar-refractivity contribution in [2.75, 3.05) is 31.5 Å². The van der Waals surface area contributed by atoms with Gasteiger partial charge in [0.25, 0.3) is 0 Å². The van der Waals surface area contributed by atoms with Crippen LogP contribution >= 0.6 is 0 Å². The van der Waals surface area contributed by atoms with Crippen molar-refractivity contribution in [1.29, 1.82) is 0 Å². The Morgan fingerprint density at radius 3 is 2.73 bits per heavy atom. The smallest absolute Gasteiger partial charge is 0.395 e. The fraction of sp³-hybridized carbons (Fsp3) is 0.300. The van der Waals surface area contributed by atoms with E-state index in [4.69, 9.17) is 0 Å². The minimum absolute atomic E-state index is 0.0409. The van der Waals surface area contributed by atoms with Gasteiger partial charge in [0.15, 0.2) is 11.5 Å². The molecule has 156 valence electrons. The molecule has 1 N–H and O–H groups in total. The molecular formula is C20H19F2N5O3. The standard InChI is InChI=1S/C20H19F2N5O3/c21-20(22)29-16-3-1-14(11-17(16)30-20)12-25-7-9-26(10-8-25)19(28)24-15-2-4-18-23-5-6-27(18)13-15/h1-6,11,13H,7-10,12H2,(H,24,28). The summed E-state index contributed by atoms with van der Waals surface area (Å²) in [5.74, 6) is 0.0875. The summed E-state index contributed by atoms with van der Waals surface area (Å²) in [6.07, 6.45) is 1.73. The third-order valence-corrected chi connectivity index (χ3v) is 5.17. The highest BCUT2D eigenvalue weighted by Crippen LogP contribution is 2.41. The van der Waals surface area contributed by atoms with E-state index in [0.29, 0.717) is 38.4 Å². The molecule has 0 radical (unpaired) electrons. The van der Waals surface area contributed by atoms with Gasteiger partial charge in [0.05, 0.1) is 5.69 Å². The summed E-state index contributed by atoms with van der Waals surface area (Å²) in [6, 6.07) is 8.32. The SMILES string of the molecule is O=C(Nc1ccc2nccn2c1)N1CCN(Cc2ccc3c(c2)OC(F)(F)O3)CC1. The number of hydrogen-bond donors (Lipinski definition) is 1. The number of urea groups is 1. The molecule has 0 bridgehead atoms. The number of amides is 2. The van der Waals surface area contributed by atoms with Crippen molar-refractivity contribution < 1.29 is 23.0 Å². The lowest BCUT2D eigenvalue weighted by Crippen LogP contribution is -2.49. The molecule has 3 aromatic rings. The fourth-order valence-electron chi connectivity index (χ4n) is 3.66. The summed E-state index contributed by atoms with van der Waals surface area (Å²) in [7, 11) is 0. The Morgan fingerprint density at radius 1 is 1.10 bits per heavy atom. The van der Waals surface area contributed by atoms with E-state index < -0.39 is 6.29 Å². The Hall–Kier alpha value is -3.40. The predicted molar refractivity (Wildman–Crippen MR) is 104 cm³/mol. The summed E-state index contributed by atoms with van der Waals surface area (Å²) in [5.41, 5.74) is 2.36. The van der Waals surface area contributed by atoms with Crippen LogP contribution in [0.15, 0.2) is 48.9 Å². The van der Waals surface area contributed by atoms with Gasteiger partial charge in [0.1, 0.15) is 5.65 Å². The molecule has 0 spiro atoms. The Kier molecular flexibility index (Phi) is 4.43. The van der Waals surface area contributed by atoms with Crippen LogP contribution in [0.2, 0.25) is 0 Å². The Morgan fingerprint density at radius 2 is 1.90 bits per heavy atom. The number of ether oxygens (including phenoxy) is 2. The van der Waals surface area contributed by atoms with Crippen LogP contribution in [0.4, 0.5) is 19.3 Å². The van der Waals surface area contributed by atoms with E-state index in [0.717, 1.165) is 11.2 Å². The summed E-state index contributed by atoms with van der Waals surface area (Å²) in [5, 5.41) is 2.91. The second-order valence-corrected chi connectivity index (χ2v) is 7.25. The molecular weight excluding hydrogens is 396 g/mol. The number of carbonyl (C=O) groups is 1. The molecule has 4 heterocycles. The van der Waals surface area contributed by atoms with Crippen LogP contribution in [0.1, 0.15) is 5.56 Å². The second kappa shape index (κ2) is 7.13. The van der Waals surface area contributed by atoms with Crippen molar-refractivity contribution in [3.63, 3.8) is 0 Å². The molecule has 1 fully saturated rings. The molecule has 10 heteroatoms. The first kappa shape index (κ1) is 18.6. The number of alkyl halides is 2. The number of fused-ring (bicyclic) bond motifs is 2. The third kappa shape index (κ3) is 3.73. The summed E-state index contributed by atoms with van der Waals surface area (Å²) in [6.45, 7) is 3.08. The van der Waals surface area contributed by atoms with Crippen LogP contribution < -0.4 is 14.8 Å². The van der Waals surface area contributed by atoms with Crippen molar-refractivity contribution >= 4 is 17.4 Å². The lowest BCUT2D eigenvalue weighted by molar-refractivity contribution is -0.286. The van der Waals surface area contributed by atoms with E-state index in [1.54, 1.807) is 23.2 Å². The van der Waals surface area contributed by atoms with Gasteiger partial charge in [0, 0.05) is 51.3 Å². The molecule has 0 unspecified atom stereocenters. The fourth-order valence-corrected chi connectivity index (χ4v) is 3.66. The van der Waals surface area contributed by atoms with Gasteiger partial charge in [-0.1, -0.05) is 6.07 Å². The second-order valence-electron chi connectivity index (χ2n) is 7.25. The molecule has 2 amide bonds. The van der Waals surface area contributed by atoms with Crippen LogP contribution in [-0.4, -0.2) is 57.7 Å². The summed E-state index contributed by atoms with van der Waals surface area (Å²) >= 11 is 0. The first-order chi connectivity index (χ1) is 14.4. The number of anilines is 1. The average molecular weight is 415 g/mol. The lowest BCUT2D eigenvalue weighted by Gasteiger charge is -2.34. The van der Waals surface area contributed by atoms with Gasteiger partial charge in [-0.05, 0) is 29.8 Å². The average Bonchev–Trinajstić information content (AvgIpc) is 3.30. The summed E-state index contributed by atoms with van der Waals surface area (Å²) in [4.78, 5) is 20.7. The third-order valence-electron chi connectivity index (χ3n) is 5.17. The van der Waals surface area contributed by atoms with E-state index in [1.165, 1.54) is 6.07 Å². The normalized spacial score (nSPS) is 18.0. The molecule has 5 rings (SSSR count). The number of benzene rings is 1. The molecule has 2 aliphatic rings. The van der Waals surface area contributed by atoms with Crippen molar-refractivity contribution in [2.24, 2.45) is 0 Å². The zero-order valence-corrected chi connectivity index (χ0v) is 15.9. The molecule has 2 aromatic heterocycles. The van der Waals surface area contributed by atoms with Gasteiger partial charge in [-0.2, -0.15) is 0 Å². The van der Waals surface area contributed by atoms with Crippen molar-refractivity contribution in [2.45, 2.75) is 12.8 Å². The maximum Gasteiger partial charge on any atom is 0.586 e. The highest BCUT2D eigenvalue weighted by atomic mass is 19.3. The van der Waals surface area contributed by atoms with Crippen molar-refractivity contribution in [3.8, 4) is 11.5 Å². The zero-order valence-electron chi connectivity index (χ0n) is 15.9. The number of imidazole rings is 1. The molecule has 0 atom stereocenters. The van der Waals surface area contributed by atoms with Crippen LogP contribution in [0.3, 0.4) is 0 Å². The van der Waals surface area contributed by atoms with E-state index in [9.17, 15) is 13.6 Å². The number of carbonyl (C=O) groups excluding carboxylic acids is 1. The van der Waals surface area contributed by atoms with E-state index in [1.807, 2.05) is 28.9 Å². The first-order valence-corrected chi connectivity index (χ1v) is 9.55. The van der Waals surface area contributed by atoms with Gasteiger partial charge in [-0.15, -0.1) is 8.78 Å². The van der Waals surface area contributed by atoms with Gasteiger partial charge in [-0.25, -0.2) is 9.78 Å². The van der Waals surface area contributed by atoms with Gasteiger partial charge < -0.3 is 24.1 Å². The molecule has 30 heavy (non-hydrogen) atoms. The molecule has 8 nitrogen and oxygen atoms in total. The number of nitrogens with one attached hydrogen (secondary N) is 1. The zero-order chi connectivity index (χ0) is 20.7. The number of hydrogen-bond acceptors (Lipinski definition) is 5. The monoisotopic (exact) mass is 415 g/mol. The number of aromatic nitrogens is 2. The lowest BCUT2D eigenvalue weighted by atomic mass is 10.1.